The number of rotatable bonds is 5. The van der Waals surface area contributed by atoms with Gasteiger partial charge in [-0.25, -0.2) is 8.78 Å². The van der Waals surface area contributed by atoms with E-state index in [-0.39, 0.29) is 35.7 Å². The van der Waals surface area contributed by atoms with Crippen molar-refractivity contribution in [2.24, 2.45) is 4.99 Å². The second-order valence-electron chi connectivity index (χ2n) is 7.13. The molecule has 0 aromatic heterocycles. The van der Waals surface area contributed by atoms with Crippen LogP contribution in [0.5, 0.6) is 0 Å². The fraction of sp³-hybridized carbons (Fsp3) is 0.381. The van der Waals surface area contributed by atoms with Crippen molar-refractivity contribution in [1.82, 2.24) is 10.6 Å². The molecule has 1 atom stereocenters. The van der Waals surface area contributed by atoms with E-state index in [0.717, 1.165) is 17.7 Å². The van der Waals surface area contributed by atoms with Crippen LogP contribution in [-0.4, -0.2) is 46.2 Å². The molecule has 2 aromatic rings. The zero-order valence-corrected chi connectivity index (χ0v) is 19.3. The minimum atomic E-state index is -0.524. The Morgan fingerprint density at radius 3 is 2.38 bits per heavy atom. The van der Waals surface area contributed by atoms with Crippen molar-refractivity contribution in [2.75, 3.05) is 44.0 Å². The van der Waals surface area contributed by atoms with Gasteiger partial charge in [-0.2, -0.15) is 0 Å². The highest BCUT2D eigenvalue weighted by molar-refractivity contribution is 14.0. The van der Waals surface area contributed by atoms with Gasteiger partial charge < -0.3 is 20.4 Å². The van der Waals surface area contributed by atoms with Crippen LogP contribution in [0.1, 0.15) is 12.0 Å². The van der Waals surface area contributed by atoms with E-state index in [1.165, 1.54) is 18.2 Å². The number of hydrogen-bond acceptors (Lipinski definition) is 3. The maximum absolute atomic E-state index is 14.0. The van der Waals surface area contributed by atoms with Crippen molar-refractivity contribution >= 4 is 41.3 Å². The molecule has 29 heavy (non-hydrogen) atoms. The molecule has 1 fully saturated rings. The van der Waals surface area contributed by atoms with E-state index in [0.29, 0.717) is 25.6 Å². The summed E-state index contributed by atoms with van der Waals surface area (Å²) in [4.78, 5) is 8.07. The molecule has 0 bridgehead atoms. The summed E-state index contributed by atoms with van der Waals surface area (Å²) in [5.74, 6) is -0.369. The van der Waals surface area contributed by atoms with Crippen LogP contribution in [0.2, 0.25) is 0 Å². The van der Waals surface area contributed by atoms with Gasteiger partial charge in [-0.05, 0) is 36.2 Å². The highest BCUT2D eigenvalue weighted by Crippen LogP contribution is 2.26. The molecule has 0 aliphatic carbocycles. The minimum Gasteiger partial charge on any atom is -0.378 e. The third-order valence-corrected chi connectivity index (χ3v) is 4.92. The fourth-order valence-corrected chi connectivity index (χ4v) is 3.36. The Balaban J connectivity index is 0.00000300. The number of benzene rings is 2. The maximum atomic E-state index is 14.0. The maximum Gasteiger partial charge on any atom is 0.191 e. The molecule has 8 heteroatoms. The second-order valence-corrected chi connectivity index (χ2v) is 7.13. The lowest BCUT2D eigenvalue weighted by molar-refractivity contribution is 0.576. The quantitative estimate of drug-likeness (QED) is 0.363. The molecule has 158 valence electrons. The van der Waals surface area contributed by atoms with Crippen LogP contribution >= 0.6 is 24.0 Å². The first kappa shape index (κ1) is 23.2. The van der Waals surface area contributed by atoms with Gasteiger partial charge in [0, 0.05) is 52.5 Å². The second kappa shape index (κ2) is 10.6. The summed E-state index contributed by atoms with van der Waals surface area (Å²) >= 11 is 0. The number of halogens is 3. The molecule has 0 radical (unpaired) electrons. The Morgan fingerprint density at radius 2 is 1.79 bits per heavy atom. The molecule has 1 saturated heterocycles. The molecule has 1 aliphatic heterocycles. The summed E-state index contributed by atoms with van der Waals surface area (Å²) in [6.07, 6.45) is 0.784. The average Bonchev–Trinajstić information content (AvgIpc) is 3.13. The molecule has 3 rings (SSSR count). The number of nitrogens with zero attached hydrogens (tertiary/aromatic N) is 3. The van der Waals surface area contributed by atoms with Gasteiger partial charge in [0.2, 0.25) is 0 Å². The van der Waals surface area contributed by atoms with E-state index in [1.807, 2.05) is 14.1 Å². The number of aliphatic imine (C=N–C) groups is 1. The molecule has 1 unspecified atom stereocenters. The molecule has 0 amide bonds. The van der Waals surface area contributed by atoms with E-state index in [9.17, 15) is 8.78 Å². The molecule has 2 aromatic carbocycles. The van der Waals surface area contributed by atoms with Crippen LogP contribution in [0.4, 0.5) is 20.2 Å². The predicted octanol–water partition coefficient (Wildman–Crippen LogP) is 3.59. The lowest BCUT2D eigenvalue weighted by Crippen LogP contribution is -2.44. The zero-order valence-electron chi connectivity index (χ0n) is 17.0. The van der Waals surface area contributed by atoms with Gasteiger partial charge in [0.25, 0.3) is 0 Å². The summed E-state index contributed by atoms with van der Waals surface area (Å²) in [6.45, 7) is 1.76. The SMILES string of the molecule is CN=C(NCc1ccc(N(C)C)cc1)NC1CCN(c2c(F)cccc2F)C1.I. The topological polar surface area (TPSA) is 42.9 Å². The van der Waals surface area contributed by atoms with Crippen molar-refractivity contribution in [3.63, 3.8) is 0 Å². The number of nitrogens with one attached hydrogen (secondary N) is 2. The first-order valence-corrected chi connectivity index (χ1v) is 9.40. The van der Waals surface area contributed by atoms with Gasteiger partial charge in [-0.15, -0.1) is 24.0 Å². The van der Waals surface area contributed by atoms with Gasteiger partial charge in [0.15, 0.2) is 5.96 Å². The van der Waals surface area contributed by atoms with Gasteiger partial charge in [0.1, 0.15) is 17.3 Å². The third kappa shape index (κ3) is 5.94. The minimum absolute atomic E-state index is 0. The Labute approximate surface area is 188 Å². The summed E-state index contributed by atoms with van der Waals surface area (Å²) in [5.41, 5.74) is 2.35. The Hall–Kier alpha value is -2.10. The van der Waals surface area contributed by atoms with Crippen LogP contribution in [0.3, 0.4) is 0 Å². The summed E-state index contributed by atoms with van der Waals surface area (Å²) < 4.78 is 28.0. The molecule has 1 aliphatic rings. The van der Waals surface area contributed by atoms with Crippen LogP contribution in [0.25, 0.3) is 0 Å². The molecule has 1 heterocycles. The molecular formula is C21H28F2IN5. The molecule has 5 nitrogen and oxygen atoms in total. The molecule has 0 spiro atoms. The van der Waals surface area contributed by atoms with Crippen LogP contribution in [0.15, 0.2) is 47.5 Å². The van der Waals surface area contributed by atoms with Gasteiger partial charge in [-0.3, -0.25) is 4.99 Å². The average molecular weight is 515 g/mol. The fourth-order valence-electron chi connectivity index (χ4n) is 3.36. The predicted molar refractivity (Wildman–Crippen MR) is 126 cm³/mol. The van der Waals surface area contributed by atoms with E-state index >= 15 is 0 Å². The summed E-state index contributed by atoms with van der Waals surface area (Å²) in [5, 5.41) is 6.65. The molecular weight excluding hydrogens is 487 g/mol. The van der Waals surface area contributed by atoms with Gasteiger partial charge in [-0.1, -0.05) is 18.2 Å². The van der Waals surface area contributed by atoms with E-state index in [1.54, 1.807) is 11.9 Å². The highest BCUT2D eigenvalue weighted by Gasteiger charge is 2.27. The summed E-state index contributed by atoms with van der Waals surface area (Å²) in [7, 11) is 5.74. The van der Waals surface area contributed by atoms with E-state index in [2.05, 4.69) is 44.8 Å². The lowest BCUT2D eigenvalue weighted by atomic mass is 10.2. The first-order valence-electron chi connectivity index (χ1n) is 9.40. The van der Waals surface area contributed by atoms with Crippen LogP contribution < -0.4 is 20.4 Å². The monoisotopic (exact) mass is 515 g/mol. The largest absolute Gasteiger partial charge is 0.378 e. The number of anilines is 2. The molecule has 0 saturated carbocycles. The molecule has 2 N–H and O–H groups in total. The Morgan fingerprint density at radius 1 is 1.14 bits per heavy atom. The number of hydrogen-bond donors (Lipinski definition) is 2. The van der Waals surface area contributed by atoms with E-state index in [4.69, 9.17) is 0 Å². The van der Waals surface area contributed by atoms with Crippen molar-refractivity contribution < 1.29 is 8.78 Å². The Kier molecular flexibility index (Phi) is 8.48. The normalized spacial score (nSPS) is 16.4. The summed E-state index contributed by atoms with van der Waals surface area (Å²) in [6, 6.07) is 12.3. The number of para-hydroxylation sites is 1. The van der Waals surface area contributed by atoms with Crippen LogP contribution in [0, 0.1) is 11.6 Å². The Bertz CT molecular complexity index is 806. The third-order valence-electron chi connectivity index (χ3n) is 4.92. The van der Waals surface area contributed by atoms with Gasteiger partial charge >= 0.3 is 0 Å². The van der Waals surface area contributed by atoms with Crippen molar-refractivity contribution in [3.8, 4) is 0 Å². The number of guanidine groups is 1. The smallest absolute Gasteiger partial charge is 0.191 e. The van der Waals surface area contributed by atoms with Crippen molar-refractivity contribution in [1.29, 1.82) is 0 Å². The van der Waals surface area contributed by atoms with E-state index < -0.39 is 11.6 Å². The first-order chi connectivity index (χ1) is 13.5. The standard InChI is InChI=1S/C21H27F2N5.HI/c1-24-21(25-13-15-7-9-17(10-8-15)27(2)3)26-16-11-12-28(14-16)20-18(22)5-4-6-19(20)23;/h4-10,16H,11-14H2,1-3H3,(H2,24,25,26);1H. The van der Waals surface area contributed by atoms with Crippen molar-refractivity contribution in [2.45, 2.75) is 19.0 Å². The highest BCUT2D eigenvalue weighted by atomic mass is 127. The van der Waals surface area contributed by atoms with Crippen LogP contribution in [-0.2, 0) is 6.54 Å². The van der Waals surface area contributed by atoms with Gasteiger partial charge in [0.05, 0.1) is 0 Å². The van der Waals surface area contributed by atoms with Crippen molar-refractivity contribution in [3.05, 3.63) is 59.7 Å². The lowest BCUT2D eigenvalue weighted by Gasteiger charge is -2.21. The zero-order chi connectivity index (χ0) is 20.1.